The predicted octanol–water partition coefficient (Wildman–Crippen LogP) is 2.58. The molecule has 1 N–H and O–H groups in total. The summed E-state index contributed by atoms with van der Waals surface area (Å²) in [6.45, 7) is 0.959. The topological polar surface area (TPSA) is 50.7 Å². The summed E-state index contributed by atoms with van der Waals surface area (Å²) in [6, 6.07) is 7.81. The molecule has 0 spiro atoms. The number of thioether (sulfide) groups is 1. The number of benzene rings is 1. The van der Waals surface area contributed by atoms with Crippen LogP contribution < -0.4 is 5.32 Å². The fourth-order valence-corrected chi connectivity index (χ4v) is 3.35. The van der Waals surface area contributed by atoms with Crippen LogP contribution in [0.2, 0.25) is 0 Å². The lowest BCUT2D eigenvalue weighted by Crippen LogP contribution is -2.20. The fourth-order valence-electron chi connectivity index (χ4n) is 2.14. The highest BCUT2D eigenvalue weighted by Gasteiger charge is 2.13. The Kier molecular flexibility index (Phi) is 3.59. The van der Waals surface area contributed by atoms with E-state index in [0.717, 1.165) is 23.5 Å². The molecule has 3 rings (SSSR count). The molecule has 0 radical (unpaired) electrons. The molecule has 18 heavy (non-hydrogen) atoms. The summed E-state index contributed by atoms with van der Waals surface area (Å²) in [6.07, 6.45) is 2.58. The number of para-hydroxylation sites is 1. The van der Waals surface area contributed by atoms with Gasteiger partial charge < -0.3 is 5.32 Å². The summed E-state index contributed by atoms with van der Waals surface area (Å²) >= 11 is 2.05. The van der Waals surface area contributed by atoms with Crippen molar-refractivity contribution < 1.29 is 0 Å². The maximum atomic E-state index is 4.47. The normalized spacial score (nSPS) is 16.9. The van der Waals surface area contributed by atoms with Crippen molar-refractivity contribution in [1.29, 1.82) is 0 Å². The van der Waals surface area contributed by atoms with Crippen molar-refractivity contribution in [2.75, 3.05) is 23.4 Å². The SMILES string of the molecule is c1ccc2nc(NCC3CCSCC3)nnc2c1. The largest absolute Gasteiger partial charge is 0.353 e. The maximum Gasteiger partial charge on any atom is 0.243 e. The number of hydrogen-bond acceptors (Lipinski definition) is 5. The van der Waals surface area contributed by atoms with Crippen LogP contribution in [0, 0.1) is 5.92 Å². The Morgan fingerprint density at radius 2 is 1.89 bits per heavy atom. The van der Waals surface area contributed by atoms with Crippen molar-refractivity contribution in [3.05, 3.63) is 24.3 Å². The Morgan fingerprint density at radius 3 is 2.72 bits per heavy atom. The summed E-state index contributed by atoms with van der Waals surface area (Å²) in [7, 11) is 0. The van der Waals surface area contributed by atoms with E-state index in [0.29, 0.717) is 5.95 Å². The number of rotatable bonds is 3. The highest BCUT2D eigenvalue weighted by Crippen LogP contribution is 2.22. The maximum absolute atomic E-state index is 4.47. The molecule has 4 nitrogen and oxygen atoms in total. The Bertz CT molecular complexity index is 525. The molecule has 1 aliphatic rings. The molecule has 0 bridgehead atoms. The minimum Gasteiger partial charge on any atom is -0.353 e. The minimum atomic E-state index is 0.645. The van der Waals surface area contributed by atoms with E-state index in [9.17, 15) is 0 Å². The second-order valence-electron chi connectivity index (χ2n) is 4.56. The third kappa shape index (κ3) is 2.72. The van der Waals surface area contributed by atoms with Crippen LogP contribution in [0.25, 0.3) is 11.0 Å². The van der Waals surface area contributed by atoms with Gasteiger partial charge in [-0.15, -0.1) is 10.2 Å². The van der Waals surface area contributed by atoms with E-state index in [1.807, 2.05) is 24.3 Å². The molecule has 2 aromatic rings. The third-order valence-electron chi connectivity index (χ3n) is 3.25. The molecule has 1 saturated heterocycles. The summed E-state index contributed by atoms with van der Waals surface area (Å²) in [5.74, 6) is 3.96. The van der Waals surface area contributed by atoms with Gasteiger partial charge in [-0.05, 0) is 42.4 Å². The molecule has 1 aliphatic heterocycles. The van der Waals surface area contributed by atoms with Gasteiger partial charge in [0.2, 0.25) is 5.95 Å². The van der Waals surface area contributed by atoms with Crippen molar-refractivity contribution in [1.82, 2.24) is 15.2 Å². The lowest BCUT2D eigenvalue weighted by atomic mass is 10.0. The van der Waals surface area contributed by atoms with E-state index in [1.165, 1.54) is 24.3 Å². The Labute approximate surface area is 111 Å². The Hall–Kier alpha value is -1.36. The molecule has 1 aromatic heterocycles. The van der Waals surface area contributed by atoms with Crippen LogP contribution in [-0.2, 0) is 0 Å². The van der Waals surface area contributed by atoms with E-state index in [1.54, 1.807) is 0 Å². The lowest BCUT2D eigenvalue weighted by Gasteiger charge is -2.21. The van der Waals surface area contributed by atoms with Gasteiger partial charge in [-0.25, -0.2) is 4.98 Å². The van der Waals surface area contributed by atoms with Crippen LogP contribution in [-0.4, -0.2) is 33.2 Å². The number of nitrogens with zero attached hydrogens (tertiary/aromatic N) is 3. The summed E-state index contributed by atoms with van der Waals surface area (Å²) in [5, 5.41) is 11.6. The molecule has 0 unspecified atom stereocenters. The first-order valence-electron chi connectivity index (χ1n) is 6.33. The molecule has 0 amide bonds. The van der Waals surface area contributed by atoms with Crippen molar-refractivity contribution in [2.45, 2.75) is 12.8 Å². The van der Waals surface area contributed by atoms with E-state index >= 15 is 0 Å². The van der Waals surface area contributed by atoms with Crippen LogP contribution in [0.1, 0.15) is 12.8 Å². The first kappa shape index (κ1) is 11.7. The van der Waals surface area contributed by atoms with Gasteiger partial charge in [0.25, 0.3) is 0 Å². The zero-order valence-electron chi connectivity index (χ0n) is 10.2. The minimum absolute atomic E-state index is 0.645. The van der Waals surface area contributed by atoms with Crippen LogP contribution in [0.5, 0.6) is 0 Å². The van der Waals surface area contributed by atoms with E-state index in [2.05, 4.69) is 32.3 Å². The van der Waals surface area contributed by atoms with E-state index in [4.69, 9.17) is 0 Å². The number of hydrogen-bond donors (Lipinski definition) is 1. The van der Waals surface area contributed by atoms with Crippen molar-refractivity contribution in [2.24, 2.45) is 5.92 Å². The lowest BCUT2D eigenvalue weighted by molar-refractivity contribution is 0.514. The van der Waals surface area contributed by atoms with Gasteiger partial charge in [-0.2, -0.15) is 11.8 Å². The second kappa shape index (κ2) is 5.52. The number of anilines is 1. The molecule has 1 aromatic carbocycles. The molecule has 1 fully saturated rings. The Balaban J connectivity index is 1.66. The van der Waals surface area contributed by atoms with Gasteiger partial charge in [0.05, 0.1) is 5.52 Å². The van der Waals surface area contributed by atoms with Gasteiger partial charge >= 0.3 is 0 Å². The van der Waals surface area contributed by atoms with Crippen LogP contribution in [0.4, 0.5) is 5.95 Å². The first-order chi connectivity index (χ1) is 8.92. The smallest absolute Gasteiger partial charge is 0.243 e. The molecule has 0 aliphatic carbocycles. The van der Waals surface area contributed by atoms with Gasteiger partial charge in [0, 0.05) is 6.54 Å². The van der Waals surface area contributed by atoms with E-state index < -0.39 is 0 Å². The number of fused-ring (bicyclic) bond motifs is 1. The number of nitrogens with one attached hydrogen (secondary N) is 1. The summed E-state index contributed by atoms with van der Waals surface area (Å²) in [5.41, 5.74) is 1.74. The highest BCUT2D eigenvalue weighted by molar-refractivity contribution is 7.99. The van der Waals surface area contributed by atoms with Crippen LogP contribution in [0.3, 0.4) is 0 Å². The van der Waals surface area contributed by atoms with Gasteiger partial charge in [-0.3, -0.25) is 0 Å². The van der Waals surface area contributed by atoms with Crippen molar-refractivity contribution in [3.63, 3.8) is 0 Å². The number of aromatic nitrogens is 3. The molecule has 94 valence electrons. The summed E-state index contributed by atoms with van der Waals surface area (Å²) in [4.78, 5) is 4.47. The molecule has 2 heterocycles. The van der Waals surface area contributed by atoms with Crippen molar-refractivity contribution >= 4 is 28.7 Å². The average molecular weight is 260 g/mol. The first-order valence-corrected chi connectivity index (χ1v) is 7.48. The van der Waals surface area contributed by atoms with E-state index in [-0.39, 0.29) is 0 Å². The molecule has 0 saturated carbocycles. The average Bonchev–Trinajstić information content (AvgIpc) is 2.46. The Morgan fingerprint density at radius 1 is 1.11 bits per heavy atom. The highest BCUT2D eigenvalue weighted by atomic mass is 32.2. The van der Waals surface area contributed by atoms with Gasteiger partial charge in [0.1, 0.15) is 5.52 Å². The zero-order valence-corrected chi connectivity index (χ0v) is 11.0. The molecule has 0 atom stereocenters. The van der Waals surface area contributed by atoms with Crippen molar-refractivity contribution in [3.8, 4) is 0 Å². The summed E-state index contributed by atoms with van der Waals surface area (Å²) < 4.78 is 0. The van der Waals surface area contributed by atoms with Crippen LogP contribution >= 0.6 is 11.8 Å². The van der Waals surface area contributed by atoms with Crippen LogP contribution in [0.15, 0.2) is 24.3 Å². The molecule has 5 heteroatoms. The fraction of sp³-hybridized carbons (Fsp3) is 0.462. The quantitative estimate of drug-likeness (QED) is 0.919. The van der Waals surface area contributed by atoms with Gasteiger partial charge in [-0.1, -0.05) is 12.1 Å². The standard InChI is InChI=1S/C13H16N4S/c1-2-4-12-11(3-1)15-13(17-16-12)14-9-10-5-7-18-8-6-10/h1-4,10H,5-9H2,(H,14,15,17). The molecular formula is C13H16N4S. The predicted molar refractivity (Wildman–Crippen MR) is 75.9 cm³/mol. The van der Waals surface area contributed by atoms with Gasteiger partial charge in [0.15, 0.2) is 0 Å². The monoisotopic (exact) mass is 260 g/mol. The second-order valence-corrected chi connectivity index (χ2v) is 5.79. The molecular weight excluding hydrogens is 244 g/mol. The third-order valence-corrected chi connectivity index (χ3v) is 4.30. The zero-order chi connectivity index (χ0) is 12.2.